The Bertz CT molecular complexity index is 2580. The van der Waals surface area contributed by atoms with Gasteiger partial charge in [-0.05, 0) is 156 Å². The summed E-state index contributed by atoms with van der Waals surface area (Å²) in [6, 6.07) is 31.6. The van der Waals surface area contributed by atoms with Gasteiger partial charge in [0.25, 0.3) is 0 Å². The zero-order valence-electron chi connectivity index (χ0n) is 42.3. The lowest BCUT2D eigenvalue weighted by Gasteiger charge is -2.50. The van der Waals surface area contributed by atoms with Gasteiger partial charge in [-0.25, -0.2) is 21.6 Å². The molecule has 1 N–H and O–H groups in total. The van der Waals surface area contributed by atoms with E-state index in [0.29, 0.717) is 78.1 Å². The molecule has 0 aliphatic carbocycles. The fraction of sp³-hybridized carbons (Fsp3) is 0.528. The van der Waals surface area contributed by atoms with Crippen molar-refractivity contribution in [1.29, 1.82) is 0 Å². The van der Waals surface area contributed by atoms with Gasteiger partial charge in [-0.3, -0.25) is 9.80 Å². The summed E-state index contributed by atoms with van der Waals surface area (Å²) in [5, 5.41) is 6.19. The molecule has 4 fully saturated rings. The van der Waals surface area contributed by atoms with Gasteiger partial charge in [-0.1, -0.05) is 94.9 Å². The van der Waals surface area contributed by atoms with Crippen LogP contribution >= 0.6 is 71.2 Å². The predicted octanol–water partition coefficient (Wildman–Crippen LogP) is 10.2. The van der Waals surface area contributed by atoms with Gasteiger partial charge in [0.15, 0.2) is 0 Å². The molecule has 12 nitrogen and oxygen atoms in total. The number of piperidine rings is 2. The SMILES string of the molecule is CC(C)(C)OC(=O)N1CCC(N2C[C@H](Cc3ccc(Cl)cc3)N(S(C)(=O)=O)C[C@@H]2Cc2ccc(Cl)cc2)CC1.CS(=O)(=O)N1C[C@H](Cc2ccc(Cl)cc2)N(C2CCNCC2)C[C@@H]1Cc1ccc(Cl)cc1.Cl.Cl. The second-order valence-corrected chi connectivity index (χ2v) is 26.3. The van der Waals surface area contributed by atoms with Gasteiger partial charge < -0.3 is 15.0 Å². The molecule has 0 radical (unpaired) electrons. The smallest absolute Gasteiger partial charge is 0.410 e. The van der Waals surface area contributed by atoms with Gasteiger partial charge in [0.1, 0.15) is 5.60 Å². The average molecular weight is 1170 g/mol. The van der Waals surface area contributed by atoms with Crippen LogP contribution in [0.4, 0.5) is 4.79 Å². The molecule has 404 valence electrons. The summed E-state index contributed by atoms with van der Waals surface area (Å²) < 4.78 is 60.7. The molecule has 4 aliphatic heterocycles. The van der Waals surface area contributed by atoms with Crippen molar-refractivity contribution in [3.8, 4) is 0 Å². The molecule has 0 spiro atoms. The van der Waals surface area contributed by atoms with Crippen molar-refractivity contribution in [3.05, 3.63) is 139 Å². The molecule has 4 heterocycles. The van der Waals surface area contributed by atoms with Gasteiger partial charge in [-0.2, -0.15) is 8.61 Å². The number of nitrogens with one attached hydrogen (secondary N) is 1. The molecule has 4 saturated heterocycles. The second-order valence-electron chi connectivity index (χ2n) is 20.7. The summed E-state index contributed by atoms with van der Waals surface area (Å²) in [5.41, 5.74) is 3.92. The number of amides is 1. The number of hydrogen-bond donors (Lipinski definition) is 1. The summed E-state index contributed by atoms with van der Waals surface area (Å²) in [6.07, 6.45) is 8.95. The fourth-order valence-electron chi connectivity index (χ4n) is 10.7. The highest BCUT2D eigenvalue weighted by Gasteiger charge is 2.43. The van der Waals surface area contributed by atoms with Crippen LogP contribution in [0.15, 0.2) is 97.1 Å². The van der Waals surface area contributed by atoms with E-state index in [-0.39, 0.29) is 61.1 Å². The van der Waals surface area contributed by atoms with Crippen molar-refractivity contribution < 1.29 is 26.4 Å². The number of likely N-dealkylation sites (tertiary alicyclic amines) is 1. The number of nitrogens with zero attached hydrogens (tertiary/aromatic N) is 5. The summed E-state index contributed by atoms with van der Waals surface area (Å²) in [7, 11) is -6.78. The number of ether oxygens (including phenoxy) is 1. The third-order valence-corrected chi connectivity index (χ3v) is 17.7. The number of rotatable bonds is 12. The quantitative estimate of drug-likeness (QED) is 0.148. The molecular weight excluding hydrogens is 1090 g/mol. The molecule has 0 bridgehead atoms. The number of piperazine rings is 2. The molecule has 8 rings (SSSR count). The lowest BCUT2D eigenvalue weighted by molar-refractivity contribution is -0.00397. The van der Waals surface area contributed by atoms with Crippen molar-refractivity contribution in [2.75, 3.05) is 64.9 Å². The van der Waals surface area contributed by atoms with Crippen LogP contribution in [0.2, 0.25) is 20.1 Å². The van der Waals surface area contributed by atoms with Crippen molar-refractivity contribution in [2.24, 2.45) is 0 Å². The fourth-order valence-corrected chi connectivity index (χ4v) is 13.5. The van der Waals surface area contributed by atoms with Crippen molar-refractivity contribution in [2.45, 2.75) is 114 Å². The maximum atomic E-state index is 13.0. The van der Waals surface area contributed by atoms with E-state index in [0.717, 1.165) is 68.4 Å². The maximum Gasteiger partial charge on any atom is 0.410 e. The molecule has 4 atom stereocenters. The Morgan fingerprint density at radius 2 is 0.822 bits per heavy atom. The summed E-state index contributed by atoms with van der Waals surface area (Å²) in [4.78, 5) is 19.5. The van der Waals surface area contributed by atoms with Crippen LogP contribution in [0, 0.1) is 0 Å². The first-order valence-electron chi connectivity index (χ1n) is 24.7. The molecule has 4 aliphatic rings. The largest absolute Gasteiger partial charge is 0.444 e. The van der Waals surface area contributed by atoms with E-state index in [1.807, 2.05) is 118 Å². The summed E-state index contributed by atoms with van der Waals surface area (Å²) >= 11 is 24.4. The van der Waals surface area contributed by atoms with Crippen molar-refractivity contribution in [3.63, 3.8) is 0 Å². The maximum absolute atomic E-state index is 13.0. The molecule has 20 heteroatoms. The Balaban J connectivity index is 0.000000268. The Morgan fingerprint density at radius 3 is 1.12 bits per heavy atom. The zero-order chi connectivity index (χ0) is 51.1. The molecule has 0 aromatic heterocycles. The van der Waals surface area contributed by atoms with Crippen LogP contribution in [0.3, 0.4) is 0 Å². The predicted molar refractivity (Wildman–Crippen MR) is 304 cm³/mol. The lowest BCUT2D eigenvalue weighted by Crippen LogP contribution is -2.64. The number of halogens is 6. The van der Waals surface area contributed by atoms with E-state index in [4.69, 9.17) is 51.1 Å². The van der Waals surface area contributed by atoms with E-state index >= 15 is 0 Å². The average Bonchev–Trinajstić information content (AvgIpc) is 3.32. The second kappa shape index (κ2) is 27.3. The molecule has 0 unspecified atom stereocenters. The number of benzene rings is 4. The first-order valence-corrected chi connectivity index (χ1v) is 29.9. The molecule has 4 aromatic carbocycles. The van der Waals surface area contributed by atoms with Crippen LogP contribution in [0.25, 0.3) is 0 Å². The summed E-state index contributed by atoms with van der Waals surface area (Å²) in [5.74, 6) is 0. The molecule has 4 aromatic rings. The van der Waals surface area contributed by atoms with E-state index in [2.05, 4.69) is 15.1 Å². The van der Waals surface area contributed by atoms with E-state index in [1.165, 1.54) is 18.1 Å². The van der Waals surface area contributed by atoms with Crippen molar-refractivity contribution >= 4 is 97.4 Å². The van der Waals surface area contributed by atoms with Gasteiger partial charge in [-0.15, -0.1) is 24.8 Å². The monoisotopic (exact) mass is 1160 g/mol. The number of carbonyl (C=O) groups is 1. The van der Waals surface area contributed by atoms with Crippen LogP contribution in [0.1, 0.15) is 68.7 Å². The first-order chi connectivity index (χ1) is 33.6. The molecular formula is C53H72Cl6N6O6S2. The van der Waals surface area contributed by atoms with Crippen LogP contribution in [-0.4, -0.2) is 153 Å². The third-order valence-electron chi connectivity index (χ3n) is 14.1. The third kappa shape index (κ3) is 18.1. The normalized spacial score (nSPS) is 22.3. The van der Waals surface area contributed by atoms with E-state index in [9.17, 15) is 21.6 Å². The topological polar surface area (TPSA) is 123 Å². The Morgan fingerprint density at radius 1 is 0.521 bits per heavy atom. The molecule has 0 saturated carbocycles. The minimum atomic E-state index is -3.44. The van der Waals surface area contributed by atoms with Crippen LogP contribution in [0.5, 0.6) is 0 Å². The van der Waals surface area contributed by atoms with Gasteiger partial charge in [0.2, 0.25) is 20.0 Å². The number of carbonyl (C=O) groups excluding carboxylic acids is 1. The Hall–Kier alpha value is -2.41. The zero-order valence-corrected chi connectivity index (χ0v) is 48.6. The Kier molecular flexibility index (Phi) is 22.9. The lowest BCUT2D eigenvalue weighted by atomic mass is 9.93. The Labute approximate surface area is 467 Å². The van der Waals surface area contributed by atoms with E-state index in [1.54, 1.807) is 13.5 Å². The highest BCUT2D eigenvalue weighted by molar-refractivity contribution is 7.88. The van der Waals surface area contributed by atoms with Crippen LogP contribution < -0.4 is 5.32 Å². The number of hydrogen-bond acceptors (Lipinski definition) is 9. The van der Waals surface area contributed by atoms with Gasteiger partial charge in [0, 0.05) is 95.6 Å². The van der Waals surface area contributed by atoms with E-state index < -0.39 is 25.6 Å². The van der Waals surface area contributed by atoms with Crippen LogP contribution in [-0.2, 0) is 50.5 Å². The minimum absolute atomic E-state index is 0. The number of sulfonamides is 2. The minimum Gasteiger partial charge on any atom is -0.444 e. The summed E-state index contributed by atoms with van der Waals surface area (Å²) in [6.45, 7) is 11.1. The van der Waals surface area contributed by atoms with Crippen molar-refractivity contribution in [1.82, 2.24) is 28.6 Å². The van der Waals surface area contributed by atoms with Gasteiger partial charge in [0.05, 0.1) is 12.5 Å². The highest BCUT2D eigenvalue weighted by atomic mass is 35.5. The van der Waals surface area contributed by atoms with Gasteiger partial charge >= 0.3 is 6.09 Å². The standard InChI is InChI=1S/C29H39Cl2N3O4S.C24H31Cl2N3O2S.2ClH/c1-29(2,3)38-28(35)32-15-13-25(14-16-32)33-19-27(18-22-7-11-24(31)12-8-22)34(39(4,36)37)20-26(33)17-21-5-9-23(30)10-6-21;1-32(30,31)29-17-23(14-18-2-6-20(25)7-3-18)28(22-10-12-27-13-11-22)16-24(29)15-19-4-8-21(26)9-5-19;;/h5-12,25-27H,13-20H2,1-4H3;2-9,22-24,27H,10-17H2,1H3;2*1H/t26-,27-;23-,24-;;/m00../s1. The first kappa shape index (κ1) is 61.4. The molecule has 1 amide bonds. The molecule has 73 heavy (non-hydrogen) atoms. The highest BCUT2D eigenvalue weighted by Crippen LogP contribution is 2.32.